The molecule has 0 unspecified atom stereocenters. The van der Waals surface area contributed by atoms with Gasteiger partial charge in [0.2, 0.25) is 0 Å². The van der Waals surface area contributed by atoms with Gasteiger partial charge in [-0.25, -0.2) is 4.79 Å². The minimum absolute atomic E-state index is 0.130. The zero-order valence-corrected chi connectivity index (χ0v) is 16.9. The van der Waals surface area contributed by atoms with Crippen molar-refractivity contribution < 1.29 is 19.2 Å². The molecule has 158 valence electrons. The molecule has 0 radical (unpaired) electrons. The van der Waals surface area contributed by atoms with Gasteiger partial charge < -0.3 is 4.84 Å². The van der Waals surface area contributed by atoms with Crippen LogP contribution in [0.5, 0.6) is 0 Å². The van der Waals surface area contributed by atoms with Crippen molar-refractivity contribution in [3.8, 4) is 0 Å². The predicted octanol–water partition coefficient (Wildman–Crippen LogP) is 5.37. The van der Waals surface area contributed by atoms with Gasteiger partial charge in [-0.05, 0) is 18.4 Å². The van der Waals surface area contributed by atoms with E-state index in [1.165, 1.54) is 51.4 Å². The fourth-order valence-corrected chi connectivity index (χ4v) is 3.25. The first kappa shape index (κ1) is 24.0. The Morgan fingerprint density at radius 2 is 1.25 bits per heavy atom. The Morgan fingerprint density at radius 3 is 1.71 bits per heavy atom. The smallest absolute Gasteiger partial charge is 0.330 e. The number of azide groups is 1. The summed E-state index contributed by atoms with van der Waals surface area (Å²) in [6, 6.07) is 0. The highest BCUT2D eigenvalue weighted by Crippen LogP contribution is 2.15. The molecule has 0 spiro atoms. The highest BCUT2D eigenvalue weighted by atomic mass is 16.7. The van der Waals surface area contributed by atoms with E-state index in [9.17, 15) is 14.4 Å². The van der Waals surface area contributed by atoms with Crippen LogP contribution in [0.4, 0.5) is 0 Å². The number of imide groups is 1. The quantitative estimate of drug-likeness (QED) is 0.108. The van der Waals surface area contributed by atoms with Gasteiger partial charge >= 0.3 is 5.97 Å². The van der Waals surface area contributed by atoms with Crippen molar-refractivity contribution >= 4 is 17.8 Å². The molecule has 0 aromatic rings. The van der Waals surface area contributed by atoms with Crippen molar-refractivity contribution in [3.63, 3.8) is 0 Å². The molecule has 0 aromatic heterocycles. The second-order valence-corrected chi connectivity index (χ2v) is 7.35. The average Bonchev–Trinajstić information content (AvgIpc) is 2.99. The van der Waals surface area contributed by atoms with Crippen molar-refractivity contribution in [1.29, 1.82) is 0 Å². The van der Waals surface area contributed by atoms with E-state index >= 15 is 0 Å². The van der Waals surface area contributed by atoms with E-state index < -0.39 is 17.8 Å². The Hall–Kier alpha value is -2.08. The lowest BCUT2D eigenvalue weighted by Gasteiger charge is -2.12. The van der Waals surface area contributed by atoms with E-state index in [0.717, 1.165) is 32.1 Å². The van der Waals surface area contributed by atoms with Crippen LogP contribution >= 0.6 is 0 Å². The zero-order chi connectivity index (χ0) is 20.5. The molecule has 0 aliphatic carbocycles. The Balaban J connectivity index is 1.80. The van der Waals surface area contributed by atoms with E-state index in [2.05, 4.69) is 10.0 Å². The molecule has 1 rings (SSSR count). The molecular weight excluding hydrogens is 360 g/mol. The van der Waals surface area contributed by atoms with Crippen molar-refractivity contribution in [2.75, 3.05) is 6.54 Å². The lowest BCUT2D eigenvalue weighted by atomic mass is 10.0. The SMILES string of the molecule is [N-]=[N+]=NCCCCCCCCCCCCCCCC(=O)ON1C(=O)CCC1=O. The van der Waals surface area contributed by atoms with Gasteiger partial charge in [0.05, 0.1) is 0 Å². The number of carbonyl (C=O) groups is 3. The van der Waals surface area contributed by atoms with E-state index in [1.54, 1.807) is 0 Å². The predicted molar refractivity (Wildman–Crippen MR) is 106 cm³/mol. The maximum absolute atomic E-state index is 11.7. The summed E-state index contributed by atoms with van der Waals surface area (Å²) in [4.78, 5) is 41.9. The number of hydrogen-bond donors (Lipinski definition) is 0. The van der Waals surface area contributed by atoms with Crippen molar-refractivity contribution in [2.45, 2.75) is 103 Å². The summed E-state index contributed by atoms with van der Waals surface area (Å²) in [5.74, 6) is -1.35. The minimum atomic E-state index is -0.499. The van der Waals surface area contributed by atoms with Crippen molar-refractivity contribution in [3.05, 3.63) is 10.4 Å². The fourth-order valence-electron chi connectivity index (χ4n) is 3.25. The van der Waals surface area contributed by atoms with Gasteiger partial charge in [0.15, 0.2) is 0 Å². The number of rotatable bonds is 17. The molecular formula is C20H34N4O4. The molecule has 8 heteroatoms. The molecule has 1 fully saturated rings. The third-order valence-electron chi connectivity index (χ3n) is 4.90. The molecule has 1 heterocycles. The molecule has 0 atom stereocenters. The monoisotopic (exact) mass is 394 g/mol. The molecule has 1 aliphatic rings. The number of hydroxylamine groups is 2. The molecule has 28 heavy (non-hydrogen) atoms. The van der Waals surface area contributed by atoms with Gasteiger partial charge in [0.25, 0.3) is 11.8 Å². The first-order valence-corrected chi connectivity index (χ1v) is 10.7. The Morgan fingerprint density at radius 1 is 0.821 bits per heavy atom. The van der Waals surface area contributed by atoms with Crippen LogP contribution in [0.15, 0.2) is 5.11 Å². The molecule has 1 saturated heterocycles. The first-order chi connectivity index (χ1) is 13.6. The fraction of sp³-hybridized carbons (Fsp3) is 0.850. The standard InChI is InChI=1S/C20H34N4O4/c21-23-22-17-13-11-9-7-5-3-1-2-4-6-8-10-12-14-20(27)28-24-18(25)15-16-19(24)26/h1-17H2. The van der Waals surface area contributed by atoms with Gasteiger partial charge in [0, 0.05) is 30.7 Å². The number of unbranched alkanes of at least 4 members (excludes halogenated alkanes) is 12. The molecule has 0 N–H and O–H groups in total. The Labute approximate surface area is 167 Å². The van der Waals surface area contributed by atoms with Crippen LogP contribution in [0.2, 0.25) is 0 Å². The third-order valence-corrected chi connectivity index (χ3v) is 4.90. The second-order valence-electron chi connectivity index (χ2n) is 7.35. The third kappa shape index (κ3) is 11.6. The summed E-state index contributed by atoms with van der Waals surface area (Å²) >= 11 is 0. The van der Waals surface area contributed by atoms with Crippen LogP contribution in [0.25, 0.3) is 10.4 Å². The van der Waals surface area contributed by atoms with Gasteiger partial charge in [0.1, 0.15) is 0 Å². The summed E-state index contributed by atoms with van der Waals surface area (Å²) in [5, 5.41) is 4.15. The van der Waals surface area contributed by atoms with E-state index in [-0.39, 0.29) is 19.3 Å². The zero-order valence-electron chi connectivity index (χ0n) is 16.9. The largest absolute Gasteiger partial charge is 0.333 e. The highest BCUT2D eigenvalue weighted by Gasteiger charge is 2.32. The van der Waals surface area contributed by atoms with Crippen LogP contribution in [-0.2, 0) is 19.2 Å². The maximum atomic E-state index is 11.7. The van der Waals surface area contributed by atoms with Gasteiger partial charge in [-0.1, -0.05) is 75.7 Å². The van der Waals surface area contributed by atoms with Crippen LogP contribution in [0.3, 0.4) is 0 Å². The maximum Gasteiger partial charge on any atom is 0.333 e. The molecule has 2 amide bonds. The van der Waals surface area contributed by atoms with E-state index in [4.69, 9.17) is 10.4 Å². The lowest BCUT2D eigenvalue weighted by molar-refractivity contribution is -0.197. The number of amides is 2. The average molecular weight is 395 g/mol. The summed E-state index contributed by atoms with van der Waals surface area (Å²) in [7, 11) is 0. The van der Waals surface area contributed by atoms with Gasteiger partial charge in [-0.3, -0.25) is 9.59 Å². The van der Waals surface area contributed by atoms with Gasteiger partial charge in [-0.2, -0.15) is 0 Å². The lowest BCUT2D eigenvalue weighted by Crippen LogP contribution is -2.31. The second kappa shape index (κ2) is 15.9. The molecule has 0 aromatic carbocycles. The topological polar surface area (TPSA) is 112 Å². The molecule has 1 aliphatic heterocycles. The number of nitrogens with zero attached hydrogens (tertiary/aromatic N) is 4. The summed E-state index contributed by atoms with van der Waals surface area (Å²) in [6.07, 6.45) is 15.5. The van der Waals surface area contributed by atoms with Crippen LogP contribution in [0.1, 0.15) is 103 Å². The normalized spacial score (nSPS) is 13.6. The van der Waals surface area contributed by atoms with Crippen molar-refractivity contribution in [2.24, 2.45) is 5.11 Å². The summed E-state index contributed by atoms with van der Waals surface area (Å²) < 4.78 is 0. The van der Waals surface area contributed by atoms with Crippen LogP contribution < -0.4 is 0 Å². The van der Waals surface area contributed by atoms with Crippen LogP contribution in [-0.4, -0.2) is 29.4 Å². The molecule has 0 bridgehead atoms. The minimum Gasteiger partial charge on any atom is -0.330 e. The Kier molecular flexibility index (Phi) is 13.6. The highest BCUT2D eigenvalue weighted by molar-refractivity contribution is 6.01. The Bertz CT molecular complexity index is 516. The van der Waals surface area contributed by atoms with E-state index in [1.807, 2.05) is 0 Å². The number of carbonyl (C=O) groups excluding carboxylic acids is 3. The molecule has 8 nitrogen and oxygen atoms in total. The van der Waals surface area contributed by atoms with E-state index in [0.29, 0.717) is 11.6 Å². The summed E-state index contributed by atoms with van der Waals surface area (Å²) in [6.45, 7) is 0.621. The van der Waals surface area contributed by atoms with Crippen molar-refractivity contribution in [1.82, 2.24) is 5.06 Å². The van der Waals surface area contributed by atoms with Gasteiger partial charge in [-0.15, -0.1) is 5.06 Å². The molecule has 0 saturated carbocycles. The first-order valence-electron chi connectivity index (χ1n) is 10.7. The summed E-state index contributed by atoms with van der Waals surface area (Å²) in [5.41, 5.74) is 8.17. The number of hydrogen-bond acceptors (Lipinski definition) is 5. The van der Waals surface area contributed by atoms with Crippen LogP contribution in [0, 0.1) is 0 Å².